The Kier molecular flexibility index (Phi) is 5.78. The fourth-order valence-electron chi connectivity index (χ4n) is 2.78. The summed E-state index contributed by atoms with van der Waals surface area (Å²) in [6.45, 7) is 7.86. The van der Waals surface area contributed by atoms with E-state index in [-0.39, 0.29) is 12.5 Å². The Morgan fingerprint density at radius 2 is 1.68 bits per heavy atom. The third-order valence-corrected chi connectivity index (χ3v) is 4.27. The molecular formula is C22H25N3O3. The van der Waals surface area contributed by atoms with Crippen LogP contribution in [0.3, 0.4) is 0 Å². The van der Waals surface area contributed by atoms with Crippen molar-refractivity contribution < 1.29 is 14.1 Å². The third kappa shape index (κ3) is 4.76. The summed E-state index contributed by atoms with van der Waals surface area (Å²) >= 11 is 0. The number of hydrogen-bond donors (Lipinski definition) is 0. The standard InChI is InChI=1S/C22H25N3O3/c1-16(27-18-13-9-6-10-14-18)21(26)25(22(2,3)4)15-19-23-20(24-28-19)17-11-7-5-8-12-17/h5-14,16H,15H2,1-4H3. The molecular weight excluding hydrogens is 354 g/mol. The van der Waals surface area contributed by atoms with Crippen LogP contribution < -0.4 is 4.74 Å². The van der Waals surface area contributed by atoms with E-state index in [0.717, 1.165) is 5.56 Å². The largest absolute Gasteiger partial charge is 0.481 e. The van der Waals surface area contributed by atoms with Crippen molar-refractivity contribution in [1.82, 2.24) is 15.0 Å². The van der Waals surface area contributed by atoms with Crippen LogP contribution >= 0.6 is 0 Å². The molecule has 0 aliphatic rings. The van der Waals surface area contributed by atoms with Gasteiger partial charge in [-0.1, -0.05) is 53.7 Å². The quantitative estimate of drug-likeness (QED) is 0.638. The molecule has 0 aliphatic heterocycles. The highest BCUT2D eigenvalue weighted by molar-refractivity contribution is 5.81. The first-order valence-corrected chi connectivity index (χ1v) is 9.26. The smallest absolute Gasteiger partial charge is 0.264 e. The SMILES string of the molecule is CC(Oc1ccccc1)C(=O)N(Cc1nc(-c2ccccc2)no1)C(C)(C)C. The molecule has 6 nitrogen and oxygen atoms in total. The molecule has 0 spiro atoms. The maximum absolute atomic E-state index is 13.1. The number of nitrogens with zero attached hydrogens (tertiary/aromatic N) is 3. The van der Waals surface area contributed by atoms with E-state index >= 15 is 0 Å². The Balaban J connectivity index is 1.75. The fourth-order valence-corrected chi connectivity index (χ4v) is 2.78. The summed E-state index contributed by atoms with van der Waals surface area (Å²) in [5, 5.41) is 4.04. The van der Waals surface area contributed by atoms with E-state index in [2.05, 4.69) is 10.1 Å². The van der Waals surface area contributed by atoms with Gasteiger partial charge in [0.1, 0.15) is 12.3 Å². The number of para-hydroxylation sites is 1. The zero-order valence-electron chi connectivity index (χ0n) is 16.6. The zero-order chi connectivity index (χ0) is 20.1. The van der Waals surface area contributed by atoms with Gasteiger partial charge in [0, 0.05) is 11.1 Å². The highest BCUT2D eigenvalue weighted by Gasteiger charge is 2.32. The summed E-state index contributed by atoms with van der Waals surface area (Å²) in [5.41, 5.74) is 0.430. The van der Waals surface area contributed by atoms with Crippen molar-refractivity contribution in [3.63, 3.8) is 0 Å². The first-order valence-electron chi connectivity index (χ1n) is 9.26. The maximum atomic E-state index is 13.1. The van der Waals surface area contributed by atoms with E-state index in [9.17, 15) is 4.79 Å². The lowest BCUT2D eigenvalue weighted by Gasteiger charge is -2.36. The topological polar surface area (TPSA) is 68.5 Å². The van der Waals surface area contributed by atoms with Crippen LogP contribution in [-0.4, -0.2) is 32.6 Å². The van der Waals surface area contributed by atoms with Crippen LogP contribution in [0.15, 0.2) is 65.2 Å². The van der Waals surface area contributed by atoms with E-state index in [4.69, 9.17) is 9.26 Å². The second-order valence-corrected chi connectivity index (χ2v) is 7.55. The Hall–Kier alpha value is -3.15. The number of rotatable bonds is 6. The second kappa shape index (κ2) is 8.25. The zero-order valence-corrected chi connectivity index (χ0v) is 16.6. The van der Waals surface area contributed by atoms with Gasteiger partial charge in [-0.2, -0.15) is 4.98 Å². The third-order valence-electron chi connectivity index (χ3n) is 4.27. The highest BCUT2D eigenvalue weighted by atomic mass is 16.5. The van der Waals surface area contributed by atoms with Gasteiger partial charge in [0.15, 0.2) is 6.10 Å². The molecule has 3 aromatic rings. The van der Waals surface area contributed by atoms with Crippen LogP contribution in [0.1, 0.15) is 33.6 Å². The first kappa shape index (κ1) is 19.6. The summed E-state index contributed by atoms with van der Waals surface area (Å²) in [7, 11) is 0. The molecule has 28 heavy (non-hydrogen) atoms. The highest BCUT2D eigenvalue weighted by Crippen LogP contribution is 2.22. The molecule has 0 aliphatic carbocycles. The predicted octanol–water partition coefficient (Wildman–Crippen LogP) is 4.33. The van der Waals surface area contributed by atoms with Crippen LogP contribution in [0.5, 0.6) is 5.75 Å². The lowest BCUT2D eigenvalue weighted by molar-refractivity contribution is -0.144. The van der Waals surface area contributed by atoms with Crippen LogP contribution in [0.2, 0.25) is 0 Å². The van der Waals surface area contributed by atoms with Gasteiger partial charge in [0.25, 0.3) is 5.91 Å². The number of benzene rings is 2. The molecule has 0 N–H and O–H groups in total. The molecule has 0 saturated carbocycles. The van der Waals surface area contributed by atoms with Crippen molar-refractivity contribution in [1.29, 1.82) is 0 Å². The normalized spacial score (nSPS) is 12.4. The number of carbonyl (C=O) groups is 1. The van der Waals surface area contributed by atoms with Crippen molar-refractivity contribution in [2.24, 2.45) is 0 Å². The van der Waals surface area contributed by atoms with Crippen molar-refractivity contribution >= 4 is 5.91 Å². The molecule has 0 radical (unpaired) electrons. The summed E-state index contributed by atoms with van der Waals surface area (Å²) in [4.78, 5) is 19.2. The minimum Gasteiger partial charge on any atom is -0.481 e. The second-order valence-electron chi connectivity index (χ2n) is 7.55. The fraction of sp³-hybridized carbons (Fsp3) is 0.318. The number of ether oxygens (including phenoxy) is 1. The van der Waals surface area contributed by atoms with Crippen LogP contribution in [0.4, 0.5) is 0 Å². The van der Waals surface area contributed by atoms with Crippen LogP contribution in [-0.2, 0) is 11.3 Å². The molecule has 1 unspecified atom stereocenters. The lowest BCUT2D eigenvalue weighted by atomic mass is 10.0. The van der Waals surface area contributed by atoms with E-state index in [1.54, 1.807) is 11.8 Å². The van der Waals surface area contributed by atoms with Gasteiger partial charge in [0.05, 0.1) is 0 Å². The summed E-state index contributed by atoms with van der Waals surface area (Å²) in [6.07, 6.45) is -0.641. The molecule has 1 heterocycles. The molecule has 3 rings (SSSR count). The average molecular weight is 379 g/mol. The number of amides is 1. The van der Waals surface area contributed by atoms with Gasteiger partial charge in [-0.3, -0.25) is 4.79 Å². The van der Waals surface area contributed by atoms with Gasteiger partial charge in [-0.15, -0.1) is 0 Å². The van der Waals surface area contributed by atoms with Gasteiger partial charge in [-0.25, -0.2) is 0 Å². The van der Waals surface area contributed by atoms with Gasteiger partial charge < -0.3 is 14.2 Å². The predicted molar refractivity (Wildman–Crippen MR) is 107 cm³/mol. The Labute approximate surface area is 165 Å². The molecule has 146 valence electrons. The molecule has 1 amide bonds. The molecule has 0 saturated heterocycles. The van der Waals surface area contributed by atoms with E-state index in [1.165, 1.54) is 0 Å². The summed E-state index contributed by atoms with van der Waals surface area (Å²) < 4.78 is 11.2. The minimum atomic E-state index is -0.641. The Morgan fingerprint density at radius 3 is 2.29 bits per heavy atom. The lowest BCUT2D eigenvalue weighted by Crippen LogP contribution is -2.50. The maximum Gasteiger partial charge on any atom is 0.264 e. The Morgan fingerprint density at radius 1 is 1.07 bits per heavy atom. The van der Waals surface area contributed by atoms with Gasteiger partial charge >= 0.3 is 0 Å². The van der Waals surface area contributed by atoms with Crippen LogP contribution in [0.25, 0.3) is 11.4 Å². The number of carbonyl (C=O) groups excluding carboxylic acids is 1. The van der Waals surface area contributed by atoms with E-state index in [0.29, 0.717) is 17.5 Å². The molecule has 1 atom stereocenters. The summed E-state index contributed by atoms with van der Waals surface area (Å²) in [5.74, 6) is 1.40. The molecule has 0 bridgehead atoms. The van der Waals surface area contributed by atoms with Crippen molar-refractivity contribution in [3.8, 4) is 17.1 Å². The van der Waals surface area contributed by atoms with Gasteiger partial charge in [0.2, 0.25) is 11.7 Å². The first-order chi connectivity index (χ1) is 13.3. The van der Waals surface area contributed by atoms with Crippen molar-refractivity contribution in [2.75, 3.05) is 0 Å². The molecule has 1 aromatic heterocycles. The minimum absolute atomic E-state index is 0.143. The number of hydrogen-bond acceptors (Lipinski definition) is 5. The van der Waals surface area contributed by atoms with E-state index < -0.39 is 11.6 Å². The summed E-state index contributed by atoms with van der Waals surface area (Å²) in [6, 6.07) is 18.9. The molecule has 0 fully saturated rings. The number of aromatic nitrogens is 2. The average Bonchev–Trinajstić information content (AvgIpc) is 3.15. The van der Waals surface area contributed by atoms with E-state index in [1.807, 2.05) is 81.4 Å². The monoisotopic (exact) mass is 379 g/mol. The Bertz CT molecular complexity index is 902. The van der Waals surface area contributed by atoms with Crippen LogP contribution in [0, 0.1) is 0 Å². The molecule has 2 aromatic carbocycles. The van der Waals surface area contributed by atoms with Crippen molar-refractivity contribution in [3.05, 3.63) is 66.6 Å². The van der Waals surface area contributed by atoms with Crippen molar-refractivity contribution in [2.45, 2.75) is 45.9 Å². The molecule has 6 heteroatoms. The van der Waals surface area contributed by atoms with Gasteiger partial charge in [-0.05, 0) is 39.8 Å².